The van der Waals surface area contributed by atoms with Crippen LogP contribution in [0.25, 0.3) is 0 Å². The highest BCUT2D eigenvalue weighted by molar-refractivity contribution is 14.1. The van der Waals surface area contributed by atoms with E-state index in [1.807, 2.05) is 12.1 Å². The number of halogens is 2. The molecule has 2 aromatic rings. The lowest BCUT2D eigenvalue weighted by atomic mass is 10.2. The van der Waals surface area contributed by atoms with Gasteiger partial charge < -0.3 is 9.84 Å². The Morgan fingerprint density at radius 2 is 2.05 bits per heavy atom. The lowest BCUT2D eigenvalue weighted by molar-refractivity contribution is 0.0955. The Balaban J connectivity index is 2.11. The minimum Gasteiger partial charge on any atom is -0.506 e. The van der Waals surface area contributed by atoms with Gasteiger partial charge in [0.15, 0.2) is 0 Å². The summed E-state index contributed by atoms with van der Waals surface area (Å²) in [5, 5.41) is 13.8. The summed E-state index contributed by atoms with van der Waals surface area (Å²) < 4.78 is 6.64. The standard InChI is InChI=1S/C15H12BrIN2O3/c1-22-12-6-10(14(20)13(16)7-12)8-18-19-15(21)9-2-4-11(17)5-3-9/h2-8,20H,1H3,(H,19,21)/b18-8-. The molecule has 0 fully saturated rings. The lowest BCUT2D eigenvalue weighted by Gasteiger charge is -2.06. The van der Waals surface area contributed by atoms with Gasteiger partial charge in [-0.05, 0) is 74.9 Å². The fourth-order valence-electron chi connectivity index (χ4n) is 1.64. The smallest absolute Gasteiger partial charge is 0.271 e. The first kappa shape index (κ1) is 16.8. The number of carbonyl (C=O) groups is 1. The van der Waals surface area contributed by atoms with Gasteiger partial charge in [-0.3, -0.25) is 4.79 Å². The van der Waals surface area contributed by atoms with Crippen molar-refractivity contribution in [2.24, 2.45) is 5.10 Å². The average Bonchev–Trinajstić information content (AvgIpc) is 2.51. The largest absolute Gasteiger partial charge is 0.506 e. The third-order valence-corrected chi connectivity index (χ3v) is 4.10. The SMILES string of the molecule is COc1cc(Br)c(O)c(/C=N\NC(=O)c2ccc(I)cc2)c1. The quantitative estimate of drug-likeness (QED) is 0.404. The van der Waals surface area contributed by atoms with Gasteiger partial charge in [0.1, 0.15) is 11.5 Å². The molecule has 1 amide bonds. The molecule has 7 heteroatoms. The second-order valence-corrected chi connectivity index (χ2v) is 6.35. The fourth-order valence-corrected chi connectivity index (χ4v) is 2.45. The van der Waals surface area contributed by atoms with Crippen LogP contribution in [0.4, 0.5) is 0 Å². The Hall–Kier alpha value is -1.61. The summed E-state index contributed by atoms with van der Waals surface area (Å²) in [7, 11) is 1.53. The number of phenolic OH excluding ortho intramolecular Hbond substituents is 1. The van der Waals surface area contributed by atoms with Crippen LogP contribution in [0, 0.1) is 3.57 Å². The Morgan fingerprint density at radius 3 is 2.68 bits per heavy atom. The van der Waals surface area contributed by atoms with E-state index in [0.717, 1.165) is 3.57 Å². The molecular formula is C15H12BrIN2O3. The Kier molecular flexibility index (Phi) is 5.78. The summed E-state index contributed by atoms with van der Waals surface area (Å²) in [6.45, 7) is 0. The number of methoxy groups -OCH3 is 1. The van der Waals surface area contributed by atoms with Gasteiger partial charge in [-0.15, -0.1) is 0 Å². The zero-order valence-corrected chi connectivity index (χ0v) is 15.3. The summed E-state index contributed by atoms with van der Waals surface area (Å²) >= 11 is 5.39. The first-order chi connectivity index (χ1) is 10.5. The van der Waals surface area contributed by atoms with Gasteiger partial charge in [-0.25, -0.2) is 5.43 Å². The van der Waals surface area contributed by atoms with Crippen LogP contribution in [0.5, 0.6) is 11.5 Å². The van der Waals surface area contributed by atoms with Gasteiger partial charge in [0.25, 0.3) is 5.91 Å². The average molecular weight is 475 g/mol. The van der Waals surface area contributed by atoms with Crippen LogP contribution in [0.3, 0.4) is 0 Å². The number of aromatic hydroxyl groups is 1. The second kappa shape index (κ2) is 7.59. The van der Waals surface area contributed by atoms with E-state index >= 15 is 0 Å². The maximum Gasteiger partial charge on any atom is 0.271 e. The molecule has 0 heterocycles. The summed E-state index contributed by atoms with van der Waals surface area (Å²) in [4.78, 5) is 11.9. The molecule has 0 aliphatic carbocycles. The highest BCUT2D eigenvalue weighted by Gasteiger charge is 2.07. The van der Waals surface area contributed by atoms with E-state index in [9.17, 15) is 9.90 Å². The normalized spacial score (nSPS) is 10.7. The summed E-state index contributed by atoms with van der Waals surface area (Å²) in [5.74, 6) is 0.261. The number of rotatable bonds is 4. The van der Waals surface area contributed by atoms with E-state index in [4.69, 9.17) is 4.74 Å². The number of hydrazone groups is 1. The van der Waals surface area contributed by atoms with E-state index in [2.05, 4.69) is 49.0 Å². The maximum atomic E-state index is 11.9. The molecule has 0 spiro atoms. The molecule has 2 aromatic carbocycles. The molecule has 0 radical (unpaired) electrons. The number of benzene rings is 2. The minimum atomic E-state index is -0.325. The second-order valence-electron chi connectivity index (χ2n) is 4.25. The van der Waals surface area contributed by atoms with E-state index < -0.39 is 0 Å². The monoisotopic (exact) mass is 474 g/mol. The zero-order valence-electron chi connectivity index (χ0n) is 11.5. The van der Waals surface area contributed by atoms with Crippen LogP contribution in [-0.4, -0.2) is 24.3 Å². The molecule has 5 nitrogen and oxygen atoms in total. The molecule has 0 aliphatic heterocycles. The number of nitrogens with one attached hydrogen (secondary N) is 1. The van der Waals surface area contributed by atoms with Gasteiger partial charge in [0.2, 0.25) is 0 Å². The molecule has 0 atom stereocenters. The van der Waals surface area contributed by atoms with Crippen LogP contribution in [-0.2, 0) is 0 Å². The maximum absolute atomic E-state index is 11.9. The molecule has 2 rings (SSSR count). The van der Waals surface area contributed by atoms with Gasteiger partial charge in [0, 0.05) is 14.7 Å². The van der Waals surface area contributed by atoms with E-state index in [-0.39, 0.29) is 11.7 Å². The minimum absolute atomic E-state index is 0.0214. The van der Waals surface area contributed by atoms with Gasteiger partial charge in [0.05, 0.1) is 17.8 Å². The number of carbonyl (C=O) groups excluding carboxylic acids is 1. The first-order valence-electron chi connectivity index (χ1n) is 6.16. The Labute approximate surface area is 149 Å². The van der Waals surface area contributed by atoms with Crippen molar-refractivity contribution in [1.29, 1.82) is 0 Å². The van der Waals surface area contributed by atoms with Gasteiger partial charge in [-0.1, -0.05) is 0 Å². The van der Waals surface area contributed by atoms with Crippen molar-refractivity contribution in [2.75, 3.05) is 7.11 Å². The molecule has 0 bridgehead atoms. The Morgan fingerprint density at radius 1 is 1.36 bits per heavy atom. The van der Waals surface area contributed by atoms with Crippen molar-refractivity contribution >= 4 is 50.6 Å². The summed E-state index contributed by atoms with van der Waals surface area (Å²) in [6.07, 6.45) is 1.35. The third-order valence-electron chi connectivity index (χ3n) is 2.78. The van der Waals surface area contributed by atoms with Crippen molar-refractivity contribution in [1.82, 2.24) is 5.43 Å². The summed E-state index contributed by atoms with van der Waals surface area (Å²) in [5.41, 5.74) is 3.34. The van der Waals surface area contributed by atoms with Gasteiger partial charge in [-0.2, -0.15) is 5.10 Å². The van der Waals surface area contributed by atoms with E-state index in [1.54, 1.807) is 24.3 Å². The van der Waals surface area contributed by atoms with Crippen molar-refractivity contribution < 1.29 is 14.6 Å². The molecule has 0 saturated heterocycles. The highest BCUT2D eigenvalue weighted by Crippen LogP contribution is 2.31. The van der Waals surface area contributed by atoms with Crippen molar-refractivity contribution in [3.05, 3.63) is 55.6 Å². The topological polar surface area (TPSA) is 70.9 Å². The molecule has 22 heavy (non-hydrogen) atoms. The lowest BCUT2D eigenvalue weighted by Crippen LogP contribution is -2.17. The van der Waals surface area contributed by atoms with Crippen LogP contribution >= 0.6 is 38.5 Å². The Bertz CT molecular complexity index is 717. The first-order valence-corrected chi connectivity index (χ1v) is 8.04. The highest BCUT2D eigenvalue weighted by atomic mass is 127. The van der Waals surface area contributed by atoms with Gasteiger partial charge >= 0.3 is 0 Å². The third kappa shape index (κ3) is 4.20. The van der Waals surface area contributed by atoms with Crippen molar-refractivity contribution in [3.8, 4) is 11.5 Å². The molecule has 0 saturated carbocycles. The van der Waals surface area contributed by atoms with Crippen LogP contribution in [0.1, 0.15) is 15.9 Å². The fraction of sp³-hybridized carbons (Fsp3) is 0.0667. The van der Waals surface area contributed by atoms with Crippen LogP contribution in [0.15, 0.2) is 46.0 Å². The molecule has 114 valence electrons. The molecular weight excluding hydrogens is 463 g/mol. The van der Waals surface area contributed by atoms with Crippen molar-refractivity contribution in [3.63, 3.8) is 0 Å². The van der Waals surface area contributed by atoms with Crippen LogP contribution in [0.2, 0.25) is 0 Å². The number of hydrogen-bond donors (Lipinski definition) is 2. The molecule has 0 aliphatic rings. The van der Waals surface area contributed by atoms with E-state index in [1.165, 1.54) is 13.3 Å². The van der Waals surface area contributed by atoms with Crippen molar-refractivity contribution in [2.45, 2.75) is 0 Å². The number of nitrogens with zero attached hydrogens (tertiary/aromatic N) is 1. The predicted molar refractivity (Wildman–Crippen MR) is 96.6 cm³/mol. The number of amides is 1. The van der Waals surface area contributed by atoms with E-state index in [0.29, 0.717) is 21.3 Å². The molecule has 2 N–H and O–H groups in total. The number of ether oxygens (including phenoxy) is 1. The molecule has 0 unspecified atom stereocenters. The zero-order chi connectivity index (χ0) is 16.1. The number of phenols is 1. The molecule has 0 aromatic heterocycles. The predicted octanol–water partition coefficient (Wildman–Crippen LogP) is 3.53. The summed E-state index contributed by atoms with van der Waals surface area (Å²) in [6, 6.07) is 10.4. The van der Waals surface area contributed by atoms with Crippen LogP contribution < -0.4 is 10.2 Å². The number of hydrogen-bond acceptors (Lipinski definition) is 4.